The second-order valence-corrected chi connectivity index (χ2v) is 11.8. The second kappa shape index (κ2) is 9.68. The zero-order valence-corrected chi connectivity index (χ0v) is 24.0. The number of benzene rings is 3. The van der Waals surface area contributed by atoms with E-state index in [2.05, 4.69) is 120 Å². The first-order chi connectivity index (χ1) is 18.7. The van der Waals surface area contributed by atoms with E-state index in [9.17, 15) is 0 Å². The van der Waals surface area contributed by atoms with E-state index in [0.29, 0.717) is 23.5 Å². The highest BCUT2D eigenvalue weighted by Gasteiger charge is 2.25. The maximum absolute atomic E-state index is 6.62. The lowest BCUT2D eigenvalue weighted by Gasteiger charge is -2.23. The van der Waals surface area contributed by atoms with Crippen molar-refractivity contribution in [2.24, 2.45) is 5.92 Å². The molecule has 3 heterocycles. The number of pyridine rings is 1. The Morgan fingerprint density at radius 1 is 0.744 bits per heavy atom. The van der Waals surface area contributed by atoms with Crippen LogP contribution in [0.5, 0.6) is 0 Å². The molecule has 0 saturated heterocycles. The largest absolute Gasteiger partial charge is 0.437 e. The van der Waals surface area contributed by atoms with Crippen molar-refractivity contribution in [3.05, 3.63) is 89.1 Å². The van der Waals surface area contributed by atoms with Crippen LogP contribution in [0.25, 0.3) is 50.2 Å². The zero-order valence-electron chi connectivity index (χ0n) is 24.0. The molecule has 4 heteroatoms. The van der Waals surface area contributed by atoms with E-state index in [1.165, 1.54) is 16.8 Å². The lowest BCUT2D eigenvalue weighted by Crippen LogP contribution is -2.09. The Morgan fingerprint density at radius 2 is 1.44 bits per heavy atom. The Morgan fingerprint density at radius 3 is 2.13 bits per heavy atom. The third-order valence-electron chi connectivity index (χ3n) is 7.74. The molecule has 3 aromatic heterocycles. The second-order valence-electron chi connectivity index (χ2n) is 11.8. The molecule has 39 heavy (non-hydrogen) atoms. The van der Waals surface area contributed by atoms with E-state index in [0.717, 1.165) is 56.5 Å². The summed E-state index contributed by atoms with van der Waals surface area (Å²) in [5, 5.41) is 2.13. The predicted octanol–water partition coefficient (Wildman–Crippen LogP) is 9.74. The lowest BCUT2D eigenvalue weighted by atomic mass is 9.92. The fourth-order valence-electron chi connectivity index (χ4n) is 5.86. The van der Waals surface area contributed by atoms with Gasteiger partial charge in [0, 0.05) is 16.5 Å². The molecule has 0 aliphatic carbocycles. The number of imidazole rings is 1. The summed E-state index contributed by atoms with van der Waals surface area (Å²) in [4.78, 5) is 10.2. The van der Waals surface area contributed by atoms with Crippen LogP contribution in [0.4, 0.5) is 0 Å². The third kappa shape index (κ3) is 4.23. The Bertz CT molecular complexity index is 1810. The highest BCUT2D eigenvalue weighted by molar-refractivity contribution is 6.09. The molecule has 0 amide bonds. The number of hydrogen-bond donors (Lipinski definition) is 0. The van der Waals surface area contributed by atoms with Gasteiger partial charge >= 0.3 is 0 Å². The van der Waals surface area contributed by atoms with Crippen molar-refractivity contribution in [2.75, 3.05) is 0 Å². The lowest BCUT2D eigenvalue weighted by molar-refractivity contribution is 0.621. The highest BCUT2D eigenvalue weighted by Crippen LogP contribution is 2.42. The number of para-hydroxylation sites is 3. The topological polar surface area (TPSA) is 43.9 Å². The van der Waals surface area contributed by atoms with E-state index in [-0.39, 0.29) is 0 Å². The smallest absolute Gasteiger partial charge is 0.227 e. The van der Waals surface area contributed by atoms with Crippen LogP contribution in [0.2, 0.25) is 0 Å². The number of hydrogen-bond acceptors (Lipinski definition) is 3. The molecule has 0 unspecified atom stereocenters. The summed E-state index contributed by atoms with van der Waals surface area (Å²) in [6, 6.07) is 23.8. The summed E-state index contributed by atoms with van der Waals surface area (Å²) < 4.78 is 9.00. The van der Waals surface area contributed by atoms with E-state index in [1.54, 1.807) is 0 Å². The summed E-state index contributed by atoms with van der Waals surface area (Å²) >= 11 is 0. The van der Waals surface area contributed by atoms with E-state index < -0.39 is 0 Å². The van der Waals surface area contributed by atoms with E-state index in [1.807, 2.05) is 0 Å². The molecular weight excluding hydrogens is 478 g/mol. The van der Waals surface area contributed by atoms with Gasteiger partial charge in [0.1, 0.15) is 11.4 Å². The van der Waals surface area contributed by atoms with Gasteiger partial charge in [-0.1, -0.05) is 84.0 Å². The van der Waals surface area contributed by atoms with Gasteiger partial charge in [0.15, 0.2) is 0 Å². The van der Waals surface area contributed by atoms with Crippen molar-refractivity contribution in [3.63, 3.8) is 0 Å². The molecule has 4 nitrogen and oxygen atoms in total. The molecule has 198 valence electrons. The van der Waals surface area contributed by atoms with Crippen LogP contribution in [-0.4, -0.2) is 14.5 Å². The van der Waals surface area contributed by atoms with Gasteiger partial charge in [0.25, 0.3) is 0 Å². The quantitative estimate of drug-likeness (QED) is 0.222. The molecule has 0 atom stereocenters. The van der Waals surface area contributed by atoms with E-state index >= 15 is 0 Å². The summed E-state index contributed by atoms with van der Waals surface area (Å²) in [5.74, 6) is 2.17. The maximum Gasteiger partial charge on any atom is 0.227 e. The fourth-order valence-corrected chi connectivity index (χ4v) is 5.86. The molecule has 0 bridgehead atoms. The first kappa shape index (κ1) is 25.4. The van der Waals surface area contributed by atoms with Crippen molar-refractivity contribution in [3.8, 4) is 17.1 Å². The summed E-state index contributed by atoms with van der Waals surface area (Å²) in [6.45, 7) is 15.7. The minimum atomic E-state index is 0.361. The van der Waals surface area contributed by atoms with Crippen molar-refractivity contribution >= 4 is 33.1 Å². The number of aryl methyl sites for hydroxylation is 1. The summed E-state index contributed by atoms with van der Waals surface area (Å²) in [5.41, 5.74) is 10.7. The molecule has 0 aliphatic rings. The van der Waals surface area contributed by atoms with Crippen LogP contribution >= 0.6 is 0 Å². The molecule has 0 aliphatic heterocycles. The van der Waals surface area contributed by atoms with Crippen LogP contribution in [0, 0.1) is 12.8 Å². The van der Waals surface area contributed by atoms with Gasteiger partial charge in [-0.2, -0.15) is 0 Å². The van der Waals surface area contributed by atoms with Crippen molar-refractivity contribution in [1.82, 2.24) is 14.5 Å². The average molecular weight is 516 g/mol. The first-order valence-corrected chi connectivity index (χ1v) is 14.2. The maximum atomic E-state index is 6.62. The van der Waals surface area contributed by atoms with Crippen molar-refractivity contribution < 1.29 is 4.42 Å². The Kier molecular flexibility index (Phi) is 6.29. The molecule has 0 radical (unpaired) electrons. The number of aromatic nitrogens is 3. The SMILES string of the molecule is Cc1ccc2c(oc3nc(CC(C)C)ccc32)c1-c1nc2ccccc2n1-c1c(C(C)C)cccc1C(C)C. The molecule has 6 rings (SSSR count). The highest BCUT2D eigenvalue weighted by atomic mass is 16.3. The zero-order chi connectivity index (χ0) is 27.4. The molecular formula is C35H37N3O. The van der Waals surface area contributed by atoms with Gasteiger partial charge in [-0.25, -0.2) is 9.97 Å². The van der Waals surface area contributed by atoms with Gasteiger partial charge in [-0.05, 0) is 72.1 Å². The van der Waals surface area contributed by atoms with Gasteiger partial charge in [-0.3, -0.25) is 4.57 Å². The van der Waals surface area contributed by atoms with Crippen LogP contribution in [0.1, 0.15) is 75.8 Å². The average Bonchev–Trinajstić information content (AvgIpc) is 3.45. The number of nitrogens with zero attached hydrogens (tertiary/aromatic N) is 3. The third-order valence-corrected chi connectivity index (χ3v) is 7.74. The number of furan rings is 1. The van der Waals surface area contributed by atoms with Crippen LogP contribution in [0.3, 0.4) is 0 Å². The molecule has 0 N–H and O–H groups in total. The van der Waals surface area contributed by atoms with Crippen molar-refractivity contribution in [1.29, 1.82) is 0 Å². The minimum Gasteiger partial charge on any atom is -0.437 e. The monoisotopic (exact) mass is 515 g/mol. The van der Waals surface area contributed by atoms with Crippen molar-refractivity contribution in [2.45, 2.75) is 66.7 Å². The Labute approximate surface area is 230 Å². The molecule has 0 fully saturated rings. The standard InChI is InChI=1S/C35H37N3O/c1-20(2)19-24-16-18-28-27-17-15-23(7)31(33(27)39-35(28)36-24)34-37-29-13-8-9-14-30(29)38(34)32-25(21(3)4)11-10-12-26(32)22(5)6/h8-18,20-22H,19H2,1-7H3. The van der Waals surface area contributed by atoms with Gasteiger partial charge in [0.05, 0.1) is 22.3 Å². The minimum absolute atomic E-state index is 0.361. The number of fused-ring (bicyclic) bond motifs is 4. The van der Waals surface area contributed by atoms with Crippen LogP contribution < -0.4 is 0 Å². The molecule has 0 saturated carbocycles. The Hall–Kier alpha value is -3.92. The summed E-state index contributed by atoms with van der Waals surface area (Å²) in [7, 11) is 0. The molecule has 6 aromatic rings. The van der Waals surface area contributed by atoms with Crippen LogP contribution in [-0.2, 0) is 6.42 Å². The summed E-state index contributed by atoms with van der Waals surface area (Å²) in [6.07, 6.45) is 0.929. The predicted molar refractivity (Wildman–Crippen MR) is 163 cm³/mol. The van der Waals surface area contributed by atoms with Crippen LogP contribution in [0.15, 0.2) is 71.1 Å². The van der Waals surface area contributed by atoms with Gasteiger partial charge in [0.2, 0.25) is 5.71 Å². The fraction of sp³-hybridized carbons (Fsp3) is 0.314. The first-order valence-electron chi connectivity index (χ1n) is 14.2. The molecule has 3 aromatic carbocycles. The van der Waals surface area contributed by atoms with E-state index in [4.69, 9.17) is 14.4 Å². The normalized spacial score (nSPS) is 12.3. The Balaban J connectivity index is 1.72. The van der Waals surface area contributed by atoms with Gasteiger partial charge in [-0.15, -0.1) is 0 Å². The van der Waals surface area contributed by atoms with Gasteiger partial charge < -0.3 is 4.42 Å². The number of rotatable bonds is 6. The molecule has 0 spiro atoms.